The average Bonchev–Trinajstić information content (AvgIpc) is 2.84. The number of aromatic nitrogens is 4. The van der Waals surface area contributed by atoms with E-state index in [-0.39, 0.29) is 10.8 Å². The van der Waals surface area contributed by atoms with Gasteiger partial charge in [0.2, 0.25) is 5.89 Å². The summed E-state index contributed by atoms with van der Waals surface area (Å²) in [5.41, 5.74) is 0.542. The number of H-pyrrole nitrogens is 1. The predicted octanol–water partition coefficient (Wildman–Crippen LogP) is 2.47. The van der Waals surface area contributed by atoms with E-state index in [0.29, 0.717) is 27.8 Å². The Balaban J connectivity index is 1.95. The van der Waals surface area contributed by atoms with Gasteiger partial charge in [0.1, 0.15) is 5.82 Å². The van der Waals surface area contributed by atoms with Crippen LogP contribution >= 0.6 is 11.8 Å². The minimum Gasteiger partial charge on any atom is -0.416 e. The van der Waals surface area contributed by atoms with E-state index in [9.17, 15) is 4.79 Å². The van der Waals surface area contributed by atoms with Gasteiger partial charge in [-0.1, -0.05) is 23.9 Å². The van der Waals surface area contributed by atoms with Crippen molar-refractivity contribution in [1.29, 1.82) is 0 Å². The number of thioether (sulfide) groups is 1. The van der Waals surface area contributed by atoms with E-state index in [4.69, 9.17) is 4.42 Å². The first kappa shape index (κ1) is 12.9. The highest BCUT2D eigenvalue weighted by Crippen LogP contribution is 2.31. The van der Waals surface area contributed by atoms with Gasteiger partial charge in [-0.25, -0.2) is 4.98 Å². The van der Waals surface area contributed by atoms with Crippen LogP contribution in [0, 0.1) is 6.92 Å². The van der Waals surface area contributed by atoms with Crippen LogP contribution in [-0.4, -0.2) is 20.2 Å². The maximum absolute atomic E-state index is 12.0. The zero-order valence-corrected chi connectivity index (χ0v) is 11.8. The van der Waals surface area contributed by atoms with Crippen LogP contribution in [0.4, 0.5) is 0 Å². The lowest BCUT2D eigenvalue weighted by molar-refractivity contribution is 0.428. The standard InChI is InChI=1S/C13H12N4O2S/c1-7(20-13-17-16-8(2)19-13)11-14-10-6-4-3-5-9(10)12(18)15-11/h3-7H,1-2H3,(H,14,15,18)/t7-/m1/s1. The molecule has 3 aromatic rings. The predicted molar refractivity (Wildman–Crippen MR) is 75.7 cm³/mol. The van der Waals surface area contributed by atoms with Crippen molar-refractivity contribution in [2.75, 3.05) is 0 Å². The number of hydrogen-bond acceptors (Lipinski definition) is 6. The van der Waals surface area contributed by atoms with Gasteiger partial charge in [-0.05, 0) is 19.1 Å². The third kappa shape index (κ3) is 2.44. The maximum atomic E-state index is 12.0. The Kier molecular flexibility index (Phi) is 3.27. The second kappa shape index (κ2) is 5.09. The van der Waals surface area contributed by atoms with Gasteiger partial charge in [-0.3, -0.25) is 4.79 Å². The SMILES string of the molecule is Cc1nnc(S[C@H](C)c2nc3ccccc3c(=O)[nH]2)o1. The van der Waals surface area contributed by atoms with Crippen LogP contribution in [0.2, 0.25) is 0 Å². The molecule has 0 saturated heterocycles. The van der Waals surface area contributed by atoms with Crippen molar-refractivity contribution in [2.24, 2.45) is 0 Å². The smallest absolute Gasteiger partial charge is 0.277 e. The van der Waals surface area contributed by atoms with Crippen LogP contribution in [-0.2, 0) is 0 Å². The molecule has 1 aromatic carbocycles. The molecule has 0 amide bonds. The van der Waals surface area contributed by atoms with Crippen molar-refractivity contribution in [3.8, 4) is 0 Å². The molecule has 1 N–H and O–H groups in total. The van der Waals surface area contributed by atoms with Gasteiger partial charge < -0.3 is 9.40 Å². The summed E-state index contributed by atoms with van der Waals surface area (Å²) in [6.45, 7) is 3.66. The van der Waals surface area contributed by atoms with Crippen molar-refractivity contribution in [2.45, 2.75) is 24.3 Å². The van der Waals surface area contributed by atoms with Gasteiger partial charge in [0.25, 0.3) is 10.8 Å². The normalized spacial score (nSPS) is 12.7. The molecule has 0 unspecified atom stereocenters. The van der Waals surface area contributed by atoms with Crippen molar-refractivity contribution < 1.29 is 4.42 Å². The lowest BCUT2D eigenvalue weighted by atomic mass is 10.2. The van der Waals surface area contributed by atoms with Gasteiger partial charge >= 0.3 is 0 Å². The monoisotopic (exact) mass is 288 g/mol. The van der Waals surface area contributed by atoms with E-state index in [0.717, 1.165) is 0 Å². The molecule has 0 bridgehead atoms. The molecular formula is C13H12N4O2S. The highest BCUT2D eigenvalue weighted by molar-refractivity contribution is 7.99. The maximum Gasteiger partial charge on any atom is 0.277 e. The summed E-state index contributed by atoms with van der Waals surface area (Å²) in [4.78, 5) is 19.3. The lowest BCUT2D eigenvalue weighted by Gasteiger charge is -2.08. The van der Waals surface area contributed by atoms with Crippen molar-refractivity contribution >= 4 is 22.7 Å². The fourth-order valence-corrected chi connectivity index (χ4v) is 2.61. The van der Waals surface area contributed by atoms with Gasteiger partial charge in [-0.2, -0.15) is 0 Å². The van der Waals surface area contributed by atoms with E-state index in [1.54, 1.807) is 13.0 Å². The third-order valence-electron chi connectivity index (χ3n) is 2.80. The third-order valence-corrected chi connectivity index (χ3v) is 3.74. The second-order valence-electron chi connectivity index (χ2n) is 4.32. The van der Waals surface area contributed by atoms with Gasteiger partial charge in [0, 0.05) is 6.92 Å². The van der Waals surface area contributed by atoms with Crippen LogP contribution in [0.15, 0.2) is 38.7 Å². The molecule has 0 fully saturated rings. The highest BCUT2D eigenvalue weighted by Gasteiger charge is 2.15. The number of para-hydroxylation sites is 1. The van der Waals surface area contributed by atoms with Gasteiger partial charge in [-0.15, -0.1) is 10.2 Å². The summed E-state index contributed by atoms with van der Waals surface area (Å²) >= 11 is 1.36. The summed E-state index contributed by atoms with van der Waals surface area (Å²) in [5.74, 6) is 1.11. The Hall–Kier alpha value is -2.15. The number of aryl methyl sites for hydroxylation is 1. The number of hydrogen-bond donors (Lipinski definition) is 1. The first-order valence-electron chi connectivity index (χ1n) is 6.09. The summed E-state index contributed by atoms with van der Waals surface area (Å²) < 4.78 is 5.31. The Morgan fingerprint density at radius 3 is 2.85 bits per heavy atom. The molecule has 2 heterocycles. The molecule has 2 aromatic heterocycles. The summed E-state index contributed by atoms with van der Waals surface area (Å²) in [6.07, 6.45) is 0. The van der Waals surface area contributed by atoms with E-state index >= 15 is 0 Å². The number of rotatable bonds is 3. The molecule has 0 saturated carbocycles. The largest absolute Gasteiger partial charge is 0.416 e. The van der Waals surface area contributed by atoms with E-state index in [1.165, 1.54) is 11.8 Å². The zero-order valence-electron chi connectivity index (χ0n) is 11.0. The topological polar surface area (TPSA) is 84.7 Å². The number of nitrogens with one attached hydrogen (secondary N) is 1. The minimum absolute atomic E-state index is 0.0906. The van der Waals surface area contributed by atoms with Gasteiger partial charge in [0.05, 0.1) is 16.2 Å². The minimum atomic E-state index is -0.139. The Morgan fingerprint density at radius 1 is 1.30 bits per heavy atom. The fourth-order valence-electron chi connectivity index (χ4n) is 1.83. The molecule has 0 aliphatic rings. The Labute approximate surface area is 118 Å². The van der Waals surface area contributed by atoms with Crippen LogP contribution in [0.25, 0.3) is 10.9 Å². The Morgan fingerprint density at radius 2 is 2.10 bits per heavy atom. The number of fused-ring (bicyclic) bond motifs is 1. The summed E-state index contributed by atoms with van der Waals surface area (Å²) in [7, 11) is 0. The average molecular weight is 288 g/mol. The summed E-state index contributed by atoms with van der Waals surface area (Å²) in [5, 5.41) is 8.65. The lowest BCUT2D eigenvalue weighted by Crippen LogP contribution is -2.12. The highest BCUT2D eigenvalue weighted by atomic mass is 32.2. The number of nitrogens with zero attached hydrogens (tertiary/aromatic N) is 3. The van der Waals surface area contributed by atoms with E-state index in [1.807, 2.05) is 25.1 Å². The molecule has 7 heteroatoms. The quantitative estimate of drug-likeness (QED) is 0.745. The molecule has 0 spiro atoms. The van der Waals surface area contributed by atoms with Crippen LogP contribution < -0.4 is 5.56 Å². The van der Waals surface area contributed by atoms with Crippen LogP contribution in [0.1, 0.15) is 23.9 Å². The van der Waals surface area contributed by atoms with E-state index < -0.39 is 0 Å². The molecule has 0 radical (unpaired) electrons. The molecule has 0 aliphatic carbocycles. The van der Waals surface area contributed by atoms with Crippen molar-refractivity contribution in [1.82, 2.24) is 20.2 Å². The van der Waals surface area contributed by atoms with Crippen molar-refractivity contribution in [3.63, 3.8) is 0 Å². The molecule has 0 aliphatic heterocycles. The Bertz CT molecular complexity index is 811. The summed E-state index contributed by atoms with van der Waals surface area (Å²) in [6, 6.07) is 7.25. The first-order valence-corrected chi connectivity index (χ1v) is 6.97. The van der Waals surface area contributed by atoms with Crippen LogP contribution in [0.3, 0.4) is 0 Å². The molecule has 102 valence electrons. The van der Waals surface area contributed by atoms with Crippen molar-refractivity contribution in [3.05, 3.63) is 46.3 Å². The molecule has 6 nitrogen and oxygen atoms in total. The van der Waals surface area contributed by atoms with E-state index in [2.05, 4.69) is 20.2 Å². The zero-order chi connectivity index (χ0) is 14.1. The second-order valence-corrected chi connectivity index (χ2v) is 5.61. The van der Waals surface area contributed by atoms with Gasteiger partial charge in [0.15, 0.2) is 0 Å². The number of benzene rings is 1. The molecule has 20 heavy (non-hydrogen) atoms. The number of aromatic amines is 1. The molecule has 1 atom stereocenters. The molecule has 3 rings (SSSR count). The molecular weight excluding hydrogens is 276 g/mol. The fraction of sp³-hybridized carbons (Fsp3) is 0.231. The first-order chi connectivity index (χ1) is 9.63. The van der Waals surface area contributed by atoms with Crippen LogP contribution in [0.5, 0.6) is 0 Å².